The standard InChI is InChI=1S/C23H22ClF2N7O3S2/c1-12-3-4-16(17(24)7-12)20-19(14-9-28-33(10-14)23(25)26)18-8-15(31-38(35,36)30-13(2)34)11-32(18)21(29-20)22-27-5-6-37-22/h3-7,9-10,15,20,23,31H,8,11H2,1-2H3,(H,30,34)/t15-,20-/m0/s1. The number of rotatable bonds is 7. The van der Waals surface area contributed by atoms with Crippen LogP contribution in [-0.2, 0) is 15.0 Å². The van der Waals surface area contributed by atoms with Crippen molar-refractivity contribution in [2.24, 2.45) is 4.99 Å². The minimum absolute atomic E-state index is 0.174. The molecule has 4 heterocycles. The fraction of sp³-hybridized carbons (Fsp3) is 0.304. The maximum atomic E-state index is 13.5. The van der Waals surface area contributed by atoms with Crippen molar-refractivity contribution in [1.29, 1.82) is 0 Å². The van der Waals surface area contributed by atoms with Gasteiger partial charge in [0.05, 0.1) is 6.20 Å². The molecule has 0 saturated carbocycles. The van der Waals surface area contributed by atoms with Crippen LogP contribution in [0.3, 0.4) is 0 Å². The number of alkyl halides is 2. The van der Waals surface area contributed by atoms with Crippen LogP contribution in [0.5, 0.6) is 0 Å². The van der Waals surface area contributed by atoms with Crippen molar-refractivity contribution in [2.45, 2.75) is 38.9 Å². The molecule has 10 nitrogen and oxygen atoms in total. The maximum absolute atomic E-state index is 13.5. The van der Waals surface area contributed by atoms with Crippen molar-refractivity contribution in [2.75, 3.05) is 6.54 Å². The van der Waals surface area contributed by atoms with E-state index >= 15 is 0 Å². The summed E-state index contributed by atoms with van der Waals surface area (Å²) < 4.78 is 56.8. The SMILES string of the molecule is CC(=O)NS(=O)(=O)N[C@H]1CC2=C(c3cnn(C(F)F)c3)[C@H](c3ccc(C)cc3Cl)N=C(c3nccs3)N2C1. The molecule has 15 heteroatoms. The molecular formula is C23H22ClF2N7O3S2. The highest BCUT2D eigenvalue weighted by Gasteiger charge is 2.41. The lowest BCUT2D eigenvalue weighted by atomic mass is 9.90. The molecule has 1 amide bonds. The van der Waals surface area contributed by atoms with Gasteiger partial charge in [-0.25, -0.2) is 14.4 Å². The van der Waals surface area contributed by atoms with Crippen molar-refractivity contribution in [3.8, 4) is 0 Å². The molecule has 0 spiro atoms. The number of aryl methyl sites for hydroxylation is 1. The van der Waals surface area contributed by atoms with Gasteiger partial charge in [0.15, 0.2) is 10.8 Å². The van der Waals surface area contributed by atoms with Crippen LogP contribution in [0.15, 0.2) is 52.9 Å². The van der Waals surface area contributed by atoms with Crippen LogP contribution in [0.1, 0.15) is 47.6 Å². The summed E-state index contributed by atoms with van der Waals surface area (Å²) in [6.45, 7) is 0.331. The minimum atomic E-state index is -4.13. The normalized spacial score (nSPS) is 19.6. The molecule has 2 N–H and O–H groups in total. The van der Waals surface area contributed by atoms with Crippen molar-refractivity contribution in [1.82, 2.24) is 29.1 Å². The first-order valence-electron chi connectivity index (χ1n) is 11.4. The highest BCUT2D eigenvalue weighted by atomic mass is 35.5. The van der Waals surface area contributed by atoms with E-state index in [4.69, 9.17) is 16.6 Å². The Morgan fingerprint density at radius 2 is 2.11 bits per heavy atom. The molecule has 2 aromatic heterocycles. The Hall–Kier alpha value is -3.20. The number of hydrogen-bond donors (Lipinski definition) is 2. The molecule has 0 bridgehead atoms. The topological polar surface area (TPSA) is 122 Å². The van der Waals surface area contributed by atoms with E-state index in [1.807, 2.05) is 28.7 Å². The quantitative estimate of drug-likeness (QED) is 0.439. The molecule has 0 aliphatic carbocycles. The third-order valence-corrected chi connectivity index (χ3v) is 8.34. The lowest BCUT2D eigenvalue weighted by Crippen LogP contribution is -2.45. The molecule has 0 radical (unpaired) electrons. The van der Waals surface area contributed by atoms with Crippen LogP contribution in [0.4, 0.5) is 8.78 Å². The van der Waals surface area contributed by atoms with Crippen LogP contribution >= 0.6 is 22.9 Å². The number of benzene rings is 1. The minimum Gasteiger partial charge on any atom is -0.326 e. The van der Waals surface area contributed by atoms with Gasteiger partial charge in [-0.2, -0.15) is 27.0 Å². The summed E-state index contributed by atoms with van der Waals surface area (Å²) in [4.78, 5) is 22.6. The number of carbonyl (C=O) groups excluding carboxylic acids is 1. The average molecular weight is 582 g/mol. The van der Waals surface area contributed by atoms with Gasteiger partial charge < -0.3 is 4.90 Å². The molecular weight excluding hydrogens is 560 g/mol. The highest BCUT2D eigenvalue weighted by Crippen LogP contribution is 2.46. The molecule has 200 valence electrons. The Labute approximate surface area is 226 Å². The van der Waals surface area contributed by atoms with Crippen molar-refractivity contribution < 1.29 is 22.0 Å². The van der Waals surface area contributed by atoms with Gasteiger partial charge in [-0.05, 0) is 24.1 Å². The summed E-state index contributed by atoms with van der Waals surface area (Å²) in [7, 11) is -4.13. The van der Waals surface area contributed by atoms with Gasteiger partial charge in [-0.15, -0.1) is 11.3 Å². The van der Waals surface area contributed by atoms with Crippen molar-refractivity contribution in [3.63, 3.8) is 0 Å². The second kappa shape index (κ2) is 10.2. The molecule has 3 aromatic rings. The van der Waals surface area contributed by atoms with E-state index in [0.29, 0.717) is 42.9 Å². The molecule has 2 aliphatic rings. The Morgan fingerprint density at radius 1 is 1.32 bits per heavy atom. The van der Waals surface area contributed by atoms with E-state index in [0.717, 1.165) is 12.5 Å². The van der Waals surface area contributed by atoms with Crippen LogP contribution in [-0.4, -0.2) is 52.4 Å². The lowest BCUT2D eigenvalue weighted by molar-refractivity contribution is -0.117. The molecule has 2 atom stereocenters. The van der Waals surface area contributed by atoms with E-state index in [-0.39, 0.29) is 13.0 Å². The Kier molecular flexibility index (Phi) is 7.07. The van der Waals surface area contributed by atoms with Crippen LogP contribution in [0, 0.1) is 6.92 Å². The summed E-state index contributed by atoms with van der Waals surface area (Å²) in [6.07, 6.45) is 4.40. The number of thiazole rings is 1. The number of aromatic nitrogens is 3. The van der Waals surface area contributed by atoms with Crippen molar-refractivity contribution in [3.05, 3.63) is 74.6 Å². The van der Waals surface area contributed by atoms with Crippen molar-refractivity contribution >= 4 is 50.5 Å². The van der Waals surface area contributed by atoms with Gasteiger partial charge in [0, 0.05) is 65.6 Å². The third-order valence-electron chi connectivity index (χ3n) is 6.05. The lowest BCUT2D eigenvalue weighted by Gasteiger charge is -2.32. The molecule has 38 heavy (non-hydrogen) atoms. The Balaban J connectivity index is 1.67. The van der Waals surface area contributed by atoms with E-state index in [1.54, 1.807) is 17.6 Å². The zero-order chi connectivity index (χ0) is 27.2. The molecule has 5 rings (SSSR count). The average Bonchev–Trinajstić information content (AvgIpc) is 3.57. The Bertz CT molecular complexity index is 1550. The number of amidine groups is 1. The maximum Gasteiger partial charge on any atom is 0.333 e. The zero-order valence-electron chi connectivity index (χ0n) is 20.1. The molecule has 1 aromatic carbocycles. The first kappa shape index (κ1) is 26.4. The van der Waals surface area contributed by atoms with Gasteiger partial charge in [0.2, 0.25) is 5.91 Å². The zero-order valence-corrected chi connectivity index (χ0v) is 22.5. The van der Waals surface area contributed by atoms with Crippen LogP contribution in [0.2, 0.25) is 5.02 Å². The van der Waals surface area contributed by atoms with E-state index < -0.39 is 34.7 Å². The van der Waals surface area contributed by atoms with Gasteiger partial charge >= 0.3 is 16.8 Å². The summed E-state index contributed by atoms with van der Waals surface area (Å²) in [6, 6.07) is 4.17. The molecule has 1 fully saturated rings. The van der Waals surface area contributed by atoms with Crippen LogP contribution < -0.4 is 9.44 Å². The smallest absolute Gasteiger partial charge is 0.326 e. The number of halogens is 3. The van der Waals surface area contributed by atoms with E-state index in [1.165, 1.54) is 23.7 Å². The summed E-state index contributed by atoms with van der Waals surface area (Å²) >= 11 is 8.02. The summed E-state index contributed by atoms with van der Waals surface area (Å²) in [5.41, 5.74) is 3.23. The number of carbonyl (C=O) groups is 1. The highest BCUT2D eigenvalue weighted by molar-refractivity contribution is 7.88. The molecule has 0 unspecified atom stereocenters. The predicted octanol–water partition coefficient (Wildman–Crippen LogP) is 3.65. The van der Waals surface area contributed by atoms with Gasteiger partial charge in [-0.1, -0.05) is 23.7 Å². The molecule has 1 saturated heterocycles. The first-order chi connectivity index (χ1) is 18.0. The number of fused-ring (bicyclic) bond motifs is 1. The predicted molar refractivity (Wildman–Crippen MR) is 139 cm³/mol. The largest absolute Gasteiger partial charge is 0.333 e. The van der Waals surface area contributed by atoms with Gasteiger partial charge in [-0.3, -0.25) is 9.79 Å². The van der Waals surface area contributed by atoms with E-state index in [9.17, 15) is 22.0 Å². The number of aliphatic imine (C=N–C) groups is 1. The van der Waals surface area contributed by atoms with Gasteiger partial charge in [0.1, 0.15) is 6.04 Å². The summed E-state index contributed by atoms with van der Waals surface area (Å²) in [5, 5.41) is 6.66. The van der Waals surface area contributed by atoms with E-state index in [2.05, 4.69) is 14.8 Å². The number of nitrogens with zero attached hydrogens (tertiary/aromatic N) is 5. The second-order valence-corrected chi connectivity index (χ2v) is 11.6. The Morgan fingerprint density at radius 3 is 2.74 bits per heavy atom. The number of amides is 1. The monoisotopic (exact) mass is 581 g/mol. The number of hydrogen-bond acceptors (Lipinski definition) is 8. The fourth-order valence-electron chi connectivity index (χ4n) is 4.63. The van der Waals surface area contributed by atoms with Crippen LogP contribution in [0.25, 0.3) is 5.57 Å². The molecule has 2 aliphatic heterocycles. The fourth-order valence-corrected chi connectivity index (χ4v) is 6.64. The second-order valence-electron chi connectivity index (χ2n) is 8.86. The van der Waals surface area contributed by atoms with Gasteiger partial charge in [0.25, 0.3) is 0 Å². The third kappa shape index (κ3) is 5.21. The first-order valence-corrected chi connectivity index (χ1v) is 14.1. The summed E-state index contributed by atoms with van der Waals surface area (Å²) in [5.74, 6) is -0.227. The number of nitrogens with one attached hydrogen (secondary N) is 2.